The molecular weight excluding hydrogens is 390 g/mol. The lowest BCUT2D eigenvalue weighted by Gasteiger charge is -2.41. The Morgan fingerprint density at radius 3 is 2.31 bits per heavy atom. The topological polar surface area (TPSA) is 92.9 Å². The van der Waals surface area contributed by atoms with E-state index in [2.05, 4.69) is 19.0 Å². The summed E-state index contributed by atoms with van der Waals surface area (Å²) in [6.45, 7) is 1.92. The van der Waals surface area contributed by atoms with Crippen LogP contribution in [0.15, 0.2) is 29.2 Å². The standard InChI is InChI=1S/C21H31N3O4S/c1-23(2)19-9-16-11-24(12-17(16)10-20(19)28-13-14-3-4-14)29(26,27)18-7-5-15(6-8-18)21(22)25/h5-8,14,16-17,19-20H,3-4,9-13H2,1-2H3,(H2,22,25)/t16-,17+,19-,20-/m1/s1. The van der Waals surface area contributed by atoms with E-state index in [0.717, 1.165) is 25.4 Å². The number of hydrogen-bond donors (Lipinski definition) is 1. The van der Waals surface area contributed by atoms with Gasteiger partial charge in [0.1, 0.15) is 0 Å². The highest BCUT2D eigenvalue weighted by molar-refractivity contribution is 7.89. The fourth-order valence-corrected chi connectivity index (χ4v) is 6.30. The van der Waals surface area contributed by atoms with Gasteiger partial charge in [0.15, 0.2) is 0 Å². The number of fused-ring (bicyclic) bond motifs is 1. The van der Waals surface area contributed by atoms with Crippen molar-refractivity contribution in [3.63, 3.8) is 0 Å². The minimum atomic E-state index is -3.58. The van der Waals surface area contributed by atoms with Gasteiger partial charge in [0.05, 0.1) is 11.0 Å². The average Bonchev–Trinajstić information content (AvgIpc) is 3.42. The van der Waals surface area contributed by atoms with Gasteiger partial charge in [-0.25, -0.2) is 8.42 Å². The van der Waals surface area contributed by atoms with Crippen LogP contribution in [0.5, 0.6) is 0 Å². The molecule has 1 amide bonds. The highest BCUT2D eigenvalue weighted by Gasteiger charge is 2.46. The number of rotatable bonds is 7. The average molecular weight is 422 g/mol. The maximum absolute atomic E-state index is 13.1. The number of benzene rings is 1. The Bertz CT molecular complexity index is 851. The molecule has 3 aliphatic rings. The van der Waals surface area contributed by atoms with Crippen LogP contribution in [-0.2, 0) is 14.8 Å². The molecule has 4 atom stereocenters. The molecule has 2 aliphatic carbocycles. The summed E-state index contributed by atoms with van der Waals surface area (Å²) < 4.78 is 34.2. The Balaban J connectivity index is 1.47. The van der Waals surface area contributed by atoms with Gasteiger partial charge in [-0.15, -0.1) is 0 Å². The minimum absolute atomic E-state index is 0.171. The first-order valence-electron chi connectivity index (χ1n) is 10.4. The van der Waals surface area contributed by atoms with Crippen molar-refractivity contribution < 1.29 is 17.9 Å². The van der Waals surface area contributed by atoms with Crippen molar-refractivity contribution in [2.75, 3.05) is 33.8 Å². The second-order valence-electron chi connectivity index (χ2n) is 9.05. The number of carbonyl (C=O) groups is 1. The summed E-state index contributed by atoms with van der Waals surface area (Å²) in [5, 5.41) is 0. The highest BCUT2D eigenvalue weighted by atomic mass is 32.2. The number of primary amides is 1. The molecule has 0 spiro atoms. The molecule has 29 heavy (non-hydrogen) atoms. The molecule has 4 rings (SSSR count). The first kappa shape index (κ1) is 20.8. The molecule has 0 bridgehead atoms. The van der Waals surface area contributed by atoms with E-state index in [1.807, 2.05) is 0 Å². The highest BCUT2D eigenvalue weighted by Crippen LogP contribution is 2.41. The predicted octanol–water partition coefficient (Wildman–Crippen LogP) is 1.54. The number of nitrogens with zero attached hydrogens (tertiary/aromatic N) is 2. The zero-order valence-corrected chi connectivity index (χ0v) is 18.0. The second-order valence-corrected chi connectivity index (χ2v) is 11.0. The van der Waals surface area contributed by atoms with Crippen molar-refractivity contribution in [1.29, 1.82) is 0 Å². The largest absolute Gasteiger partial charge is 0.376 e. The molecule has 3 fully saturated rings. The summed E-state index contributed by atoms with van der Waals surface area (Å²) in [6, 6.07) is 6.22. The van der Waals surface area contributed by atoms with Crippen molar-refractivity contribution >= 4 is 15.9 Å². The SMILES string of the molecule is CN(C)[C@@H]1C[C@@H]2CN(S(=O)(=O)c3ccc(C(N)=O)cc3)C[C@@H]2C[C@H]1OCC1CC1. The molecular formula is C21H31N3O4S. The van der Waals surface area contributed by atoms with Gasteiger partial charge in [-0.2, -0.15) is 4.31 Å². The van der Waals surface area contributed by atoms with Gasteiger partial charge in [-0.1, -0.05) is 0 Å². The molecule has 1 heterocycles. The van der Waals surface area contributed by atoms with E-state index in [0.29, 0.717) is 36.5 Å². The van der Waals surface area contributed by atoms with E-state index in [-0.39, 0.29) is 11.0 Å². The number of hydrogen-bond acceptors (Lipinski definition) is 5. The van der Waals surface area contributed by atoms with Crippen LogP contribution in [0.2, 0.25) is 0 Å². The lowest BCUT2D eigenvalue weighted by atomic mass is 9.77. The van der Waals surface area contributed by atoms with E-state index < -0.39 is 15.9 Å². The van der Waals surface area contributed by atoms with Crippen molar-refractivity contribution in [3.05, 3.63) is 29.8 Å². The fourth-order valence-electron chi connectivity index (χ4n) is 4.75. The maximum Gasteiger partial charge on any atom is 0.248 e. The van der Waals surface area contributed by atoms with Crippen LogP contribution in [0.25, 0.3) is 0 Å². The molecule has 7 nitrogen and oxygen atoms in total. The van der Waals surface area contributed by atoms with Crippen LogP contribution in [-0.4, -0.2) is 69.5 Å². The zero-order valence-electron chi connectivity index (χ0n) is 17.2. The van der Waals surface area contributed by atoms with E-state index in [1.165, 1.54) is 37.1 Å². The number of ether oxygens (including phenoxy) is 1. The number of sulfonamides is 1. The van der Waals surface area contributed by atoms with Crippen LogP contribution in [0.4, 0.5) is 0 Å². The number of nitrogens with two attached hydrogens (primary N) is 1. The molecule has 8 heteroatoms. The Labute approximate surface area is 173 Å². The summed E-state index contributed by atoms with van der Waals surface area (Å²) in [6.07, 6.45) is 4.58. The molecule has 1 aromatic carbocycles. The maximum atomic E-state index is 13.1. The Hall–Kier alpha value is -1.48. The smallest absolute Gasteiger partial charge is 0.248 e. The predicted molar refractivity (Wildman–Crippen MR) is 110 cm³/mol. The lowest BCUT2D eigenvalue weighted by molar-refractivity contribution is -0.0493. The molecule has 1 aromatic rings. The molecule has 2 saturated carbocycles. The lowest BCUT2D eigenvalue weighted by Crippen LogP contribution is -2.48. The van der Waals surface area contributed by atoms with Gasteiger partial charge in [0.25, 0.3) is 0 Å². The Morgan fingerprint density at radius 2 is 1.76 bits per heavy atom. The van der Waals surface area contributed by atoms with E-state index in [9.17, 15) is 13.2 Å². The number of likely N-dealkylation sites (N-methyl/N-ethyl adjacent to an activating group) is 1. The number of carbonyl (C=O) groups excluding carboxylic acids is 1. The second kappa shape index (κ2) is 7.98. The zero-order chi connectivity index (χ0) is 20.8. The molecule has 0 radical (unpaired) electrons. The summed E-state index contributed by atoms with van der Waals surface area (Å²) >= 11 is 0. The van der Waals surface area contributed by atoms with Crippen molar-refractivity contribution in [1.82, 2.24) is 9.21 Å². The molecule has 0 unspecified atom stereocenters. The van der Waals surface area contributed by atoms with Crippen LogP contribution < -0.4 is 5.73 Å². The van der Waals surface area contributed by atoms with Crippen LogP contribution in [0.3, 0.4) is 0 Å². The van der Waals surface area contributed by atoms with Crippen LogP contribution in [0.1, 0.15) is 36.0 Å². The van der Waals surface area contributed by atoms with Crippen molar-refractivity contribution in [2.24, 2.45) is 23.5 Å². The van der Waals surface area contributed by atoms with Crippen LogP contribution >= 0.6 is 0 Å². The van der Waals surface area contributed by atoms with Crippen molar-refractivity contribution in [3.8, 4) is 0 Å². The third kappa shape index (κ3) is 4.35. The molecule has 0 aromatic heterocycles. The molecule has 1 aliphatic heterocycles. The summed E-state index contributed by atoms with van der Waals surface area (Å²) in [5.74, 6) is 0.838. The minimum Gasteiger partial charge on any atom is -0.376 e. The summed E-state index contributed by atoms with van der Waals surface area (Å²) in [5.41, 5.74) is 5.57. The first-order valence-corrected chi connectivity index (χ1v) is 11.9. The van der Waals surface area contributed by atoms with E-state index >= 15 is 0 Å². The van der Waals surface area contributed by atoms with Gasteiger partial charge < -0.3 is 15.4 Å². The van der Waals surface area contributed by atoms with Gasteiger partial charge in [-0.3, -0.25) is 4.79 Å². The van der Waals surface area contributed by atoms with Crippen LogP contribution in [0, 0.1) is 17.8 Å². The number of amides is 1. The van der Waals surface area contributed by atoms with E-state index in [1.54, 1.807) is 4.31 Å². The molecule has 160 valence electrons. The van der Waals surface area contributed by atoms with Crippen molar-refractivity contribution in [2.45, 2.75) is 42.7 Å². The molecule has 1 saturated heterocycles. The normalized spacial score (nSPS) is 30.4. The van der Waals surface area contributed by atoms with Gasteiger partial charge >= 0.3 is 0 Å². The Kier molecular flexibility index (Phi) is 5.72. The van der Waals surface area contributed by atoms with Gasteiger partial charge in [0.2, 0.25) is 15.9 Å². The van der Waals surface area contributed by atoms with E-state index in [4.69, 9.17) is 10.5 Å². The monoisotopic (exact) mass is 421 g/mol. The fraction of sp³-hybridized carbons (Fsp3) is 0.667. The third-order valence-electron chi connectivity index (χ3n) is 6.73. The van der Waals surface area contributed by atoms with Gasteiger partial charge in [-0.05, 0) is 81.8 Å². The summed E-state index contributed by atoms with van der Waals surface area (Å²) in [7, 11) is 0.588. The molecule has 2 N–H and O–H groups in total. The first-order chi connectivity index (χ1) is 13.8. The van der Waals surface area contributed by atoms with Gasteiger partial charge in [0, 0.05) is 31.3 Å². The Morgan fingerprint density at radius 1 is 1.14 bits per heavy atom. The summed E-state index contributed by atoms with van der Waals surface area (Å²) in [4.78, 5) is 13.7. The quantitative estimate of drug-likeness (QED) is 0.721. The third-order valence-corrected chi connectivity index (χ3v) is 8.58.